The van der Waals surface area contributed by atoms with Gasteiger partial charge in [-0.15, -0.1) is 0 Å². The molecular weight excluding hydrogens is 212 g/mol. The molecule has 0 spiro atoms. The normalized spacial score (nSPS) is 18.2. The summed E-state index contributed by atoms with van der Waals surface area (Å²) >= 11 is 0. The van der Waals surface area contributed by atoms with Crippen LogP contribution in [0.3, 0.4) is 0 Å². The lowest BCUT2D eigenvalue weighted by Gasteiger charge is -2.12. The molecule has 0 radical (unpaired) electrons. The number of benzene rings is 1. The van der Waals surface area contributed by atoms with Crippen LogP contribution in [0.25, 0.3) is 0 Å². The molecule has 0 N–H and O–H groups in total. The third kappa shape index (κ3) is 1.95. The standard InChI is InChI=1S/C15H16O2/c1-9(2)14-13(8-10(3)16)11-6-4-5-7-12(11)15(14)17/h4-7,13H,8H2,1-3H3. The molecule has 0 saturated heterocycles. The lowest BCUT2D eigenvalue weighted by molar-refractivity contribution is -0.117. The van der Waals surface area contributed by atoms with Crippen molar-refractivity contribution in [2.45, 2.75) is 33.1 Å². The van der Waals surface area contributed by atoms with E-state index in [4.69, 9.17) is 0 Å². The maximum atomic E-state index is 12.3. The Kier molecular flexibility index (Phi) is 2.97. The fraction of sp³-hybridized carbons (Fsp3) is 0.333. The van der Waals surface area contributed by atoms with Gasteiger partial charge in [0, 0.05) is 23.5 Å². The van der Waals surface area contributed by atoms with Crippen LogP contribution in [0.5, 0.6) is 0 Å². The van der Waals surface area contributed by atoms with Crippen LogP contribution in [0.2, 0.25) is 0 Å². The minimum absolute atomic E-state index is 0.0406. The number of allylic oxidation sites excluding steroid dienone is 2. The molecule has 0 heterocycles. The molecule has 17 heavy (non-hydrogen) atoms. The molecule has 88 valence electrons. The molecule has 1 aliphatic rings. The molecule has 0 fully saturated rings. The molecule has 1 unspecified atom stereocenters. The van der Waals surface area contributed by atoms with E-state index in [2.05, 4.69) is 0 Å². The summed E-state index contributed by atoms with van der Waals surface area (Å²) in [6.07, 6.45) is 0.420. The molecule has 1 atom stereocenters. The minimum atomic E-state index is -0.0406. The smallest absolute Gasteiger partial charge is 0.189 e. The van der Waals surface area contributed by atoms with Gasteiger partial charge in [-0.05, 0) is 26.3 Å². The maximum absolute atomic E-state index is 12.3. The number of rotatable bonds is 2. The summed E-state index contributed by atoms with van der Waals surface area (Å²) < 4.78 is 0. The van der Waals surface area contributed by atoms with Crippen molar-refractivity contribution in [3.8, 4) is 0 Å². The predicted molar refractivity (Wildman–Crippen MR) is 67.2 cm³/mol. The Bertz CT molecular complexity index is 519. The van der Waals surface area contributed by atoms with Gasteiger partial charge >= 0.3 is 0 Å². The molecule has 2 rings (SSSR count). The van der Waals surface area contributed by atoms with E-state index in [1.54, 1.807) is 6.92 Å². The van der Waals surface area contributed by atoms with E-state index in [9.17, 15) is 9.59 Å². The van der Waals surface area contributed by atoms with Gasteiger partial charge < -0.3 is 0 Å². The van der Waals surface area contributed by atoms with E-state index in [-0.39, 0.29) is 17.5 Å². The largest absolute Gasteiger partial charge is 0.300 e. The highest BCUT2D eigenvalue weighted by Gasteiger charge is 2.35. The van der Waals surface area contributed by atoms with Crippen molar-refractivity contribution in [2.75, 3.05) is 0 Å². The summed E-state index contributed by atoms with van der Waals surface area (Å²) in [6, 6.07) is 7.60. The van der Waals surface area contributed by atoms with Crippen molar-refractivity contribution in [1.82, 2.24) is 0 Å². The predicted octanol–water partition coefficient (Wildman–Crippen LogP) is 3.28. The second-order valence-corrected chi connectivity index (χ2v) is 4.79. The highest BCUT2D eigenvalue weighted by Crippen LogP contribution is 2.41. The third-order valence-corrected chi connectivity index (χ3v) is 3.20. The number of hydrogen-bond donors (Lipinski definition) is 0. The van der Waals surface area contributed by atoms with Crippen molar-refractivity contribution >= 4 is 11.6 Å². The van der Waals surface area contributed by atoms with Crippen molar-refractivity contribution in [2.24, 2.45) is 0 Å². The zero-order valence-corrected chi connectivity index (χ0v) is 10.4. The van der Waals surface area contributed by atoms with Crippen LogP contribution >= 0.6 is 0 Å². The van der Waals surface area contributed by atoms with Crippen LogP contribution in [0.1, 0.15) is 49.0 Å². The number of hydrogen-bond acceptors (Lipinski definition) is 2. The second kappa shape index (κ2) is 4.28. The highest BCUT2D eigenvalue weighted by molar-refractivity contribution is 6.15. The third-order valence-electron chi connectivity index (χ3n) is 3.20. The Hall–Kier alpha value is -1.70. The van der Waals surface area contributed by atoms with Crippen molar-refractivity contribution in [3.05, 3.63) is 46.5 Å². The average molecular weight is 228 g/mol. The van der Waals surface area contributed by atoms with Crippen molar-refractivity contribution < 1.29 is 9.59 Å². The van der Waals surface area contributed by atoms with Gasteiger partial charge in [-0.25, -0.2) is 0 Å². The molecular formula is C15H16O2. The van der Waals surface area contributed by atoms with E-state index in [0.29, 0.717) is 6.42 Å². The summed E-state index contributed by atoms with van der Waals surface area (Å²) in [5.74, 6) is 0.173. The van der Waals surface area contributed by atoms with Gasteiger partial charge in [0.25, 0.3) is 0 Å². The molecule has 0 aliphatic heterocycles. The van der Waals surface area contributed by atoms with Crippen LogP contribution in [-0.2, 0) is 4.79 Å². The molecule has 1 aliphatic carbocycles. The first-order valence-corrected chi connectivity index (χ1v) is 5.82. The Morgan fingerprint density at radius 2 is 1.82 bits per heavy atom. The molecule has 0 amide bonds. The van der Waals surface area contributed by atoms with Gasteiger partial charge in [-0.3, -0.25) is 9.59 Å². The zero-order chi connectivity index (χ0) is 12.6. The molecule has 0 saturated carbocycles. The van der Waals surface area contributed by atoms with Crippen LogP contribution in [0.4, 0.5) is 0 Å². The summed E-state index contributed by atoms with van der Waals surface area (Å²) in [5, 5.41) is 0. The van der Waals surface area contributed by atoms with E-state index in [1.807, 2.05) is 38.1 Å². The summed E-state index contributed by atoms with van der Waals surface area (Å²) in [7, 11) is 0. The molecule has 1 aromatic rings. The molecule has 2 nitrogen and oxygen atoms in total. The van der Waals surface area contributed by atoms with Gasteiger partial charge in [-0.1, -0.05) is 29.8 Å². The van der Waals surface area contributed by atoms with Crippen LogP contribution in [-0.4, -0.2) is 11.6 Å². The minimum Gasteiger partial charge on any atom is -0.300 e. The number of ketones is 2. The van der Waals surface area contributed by atoms with Crippen LogP contribution in [0, 0.1) is 0 Å². The quantitative estimate of drug-likeness (QED) is 0.728. The molecule has 1 aromatic carbocycles. The Balaban J connectivity index is 2.58. The molecule has 0 aromatic heterocycles. The van der Waals surface area contributed by atoms with Crippen molar-refractivity contribution in [3.63, 3.8) is 0 Å². The second-order valence-electron chi connectivity index (χ2n) is 4.79. The number of carbonyl (C=O) groups is 2. The average Bonchev–Trinajstić information content (AvgIpc) is 2.52. The summed E-state index contributed by atoms with van der Waals surface area (Å²) in [4.78, 5) is 23.6. The number of carbonyl (C=O) groups excluding carboxylic acids is 2. The van der Waals surface area contributed by atoms with E-state index in [0.717, 1.165) is 22.3 Å². The fourth-order valence-electron chi connectivity index (χ4n) is 2.54. The molecule has 2 heteroatoms. The fourth-order valence-corrected chi connectivity index (χ4v) is 2.54. The van der Waals surface area contributed by atoms with E-state index in [1.165, 1.54) is 0 Å². The Labute approximate surface area is 101 Å². The summed E-state index contributed by atoms with van der Waals surface area (Å²) in [6.45, 7) is 5.45. The van der Waals surface area contributed by atoms with E-state index < -0.39 is 0 Å². The zero-order valence-electron chi connectivity index (χ0n) is 10.4. The lowest BCUT2D eigenvalue weighted by atomic mass is 9.90. The first kappa shape index (κ1) is 11.8. The Morgan fingerprint density at radius 1 is 1.18 bits per heavy atom. The van der Waals surface area contributed by atoms with Crippen LogP contribution < -0.4 is 0 Å². The Morgan fingerprint density at radius 3 is 2.41 bits per heavy atom. The van der Waals surface area contributed by atoms with Gasteiger partial charge in [0.05, 0.1) is 0 Å². The number of fused-ring (bicyclic) bond motifs is 1. The van der Waals surface area contributed by atoms with Gasteiger partial charge in [0.15, 0.2) is 5.78 Å². The highest BCUT2D eigenvalue weighted by atomic mass is 16.1. The molecule has 0 bridgehead atoms. The van der Waals surface area contributed by atoms with Gasteiger partial charge in [-0.2, -0.15) is 0 Å². The first-order valence-electron chi connectivity index (χ1n) is 5.82. The summed E-state index contributed by atoms with van der Waals surface area (Å²) in [5.41, 5.74) is 3.58. The first-order chi connectivity index (χ1) is 8.02. The SMILES string of the molecule is CC(=O)CC1C(=C(C)C)C(=O)c2ccccc21. The lowest BCUT2D eigenvalue weighted by Crippen LogP contribution is -2.06. The number of Topliss-reactive ketones (excluding diaryl/α,β-unsaturated/α-hetero) is 2. The van der Waals surface area contributed by atoms with Crippen LogP contribution in [0.15, 0.2) is 35.4 Å². The van der Waals surface area contributed by atoms with E-state index >= 15 is 0 Å². The monoisotopic (exact) mass is 228 g/mol. The maximum Gasteiger partial charge on any atom is 0.189 e. The topological polar surface area (TPSA) is 34.1 Å². The van der Waals surface area contributed by atoms with Gasteiger partial charge in [0.2, 0.25) is 0 Å². The van der Waals surface area contributed by atoms with Gasteiger partial charge in [0.1, 0.15) is 5.78 Å². The van der Waals surface area contributed by atoms with Crippen molar-refractivity contribution in [1.29, 1.82) is 0 Å².